The minimum absolute atomic E-state index is 0.102. The smallest absolute Gasteiger partial charge is 0.191 e. The summed E-state index contributed by atoms with van der Waals surface area (Å²) < 4.78 is 5.61. The summed E-state index contributed by atoms with van der Waals surface area (Å²) in [7, 11) is 3.60. The van der Waals surface area contributed by atoms with Gasteiger partial charge >= 0.3 is 0 Å². The van der Waals surface area contributed by atoms with Crippen LogP contribution in [0.15, 0.2) is 35.3 Å². The molecule has 1 aromatic rings. The van der Waals surface area contributed by atoms with Crippen LogP contribution in [0.3, 0.4) is 0 Å². The lowest BCUT2D eigenvalue weighted by molar-refractivity contribution is 0.0205. The van der Waals surface area contributed by atoms with E-state index in [2.05, 4.69) is 71.6 Å². The lowest BCUT2D eigenvalue weighted by Crippen LogP contribution is -2.46. The molecule has 0 aliphatic carbocycles. The van der Waals surface area contributed by atoms with E-state index < -0.39 is 0 Å². The molecule has 152 valence electrons. The fourth-order valence-corrected chi connectivity index (χ4v) is 3.61. The highest BCUT2D eigenvalue weighted by Crippen LogP contribution is 2.21. The first kappa shape index (κ1) is 21.7. The first-order valence-corrected chi connectivity index (χ1v) is 10.2. The summed E-state index contributed by atoms with van der Waals surface area (Å²) in [6.45, 7) is 11.8. The summed E-state index contributed by atoms with van der Waals surface area (Å²) in [5.74, 6) is 1.55. The van der Waals surface area contributed by atoms with Gasteiger partial charge in [0.05, 0.1) is 6.10 Å². The van der Waals surface area contributed by atoms with E-state index in [0.717, 1.165) is 32.0 Å². The zero-order chi connectivity index (χ0) is 19.7. The van der Waals surface area contributed by atoms with Crippen LogP contribution < -0.4 is 10.6 Å². The van der Waals surface area contributed by atoms with Gasteiger partial charge in [-0.15, -0.1) is 0 Å². The Morgan fingerprint density at radius 2 is 2.00 bits per heavy atom. The molecule has 0 aromatic heterocycles. The number of ether oxygens (including phenoxy) is 1. The predicted octanol–water partition coefficient (Wildman–Crippen LogP) is 2.78. The monoisotopic (exact) mass is 374 g/mol. The van der Waals surface area contributed by atoms with Gasteiger partial charge in [0.2, 0.25) is 0 Å². The molecule has 0 spiro atoms. The van der Waals surface area contributed by atoms with Crippen molar-refractivity contribution in [1.82, 2.24) is 15.5 Å². The number of nitrogens with zero attached hydrogens (tertiary/aromatic N) is 2. The van der Waals surface area contributed by atoms with Crippen molar-refractivity contribution in [3.8, 4) is 0 Å². The molecule has 2 rings (SSSR count). The van der Waals surface area contributed by atoms with Crippen molar-refractivity contribution < 1.29 is 4.74 Å². The molecular formula is C22H38N4O. The first-order valence-electron chi connectivity index (χ1n) is 10.2. The molecule has 2 N–H and O–H groups in total. The Morgan fingerprint density at radius 1 is 1.26 bits per heavy atom. The molecule has 5 heteroatoms. The molecule has 1 aliphatic heterocycles. The van der Waals surface area contributed by atoms with Gasteiger partial charge < -0.3 is 20.3 Å². The first-order chi connectivity index (χ1) is 12.9. The van der Waals surface area contributed by atoms with Crippen molar-refractivity contribution in [1.29, 1.82) is 0 Å². The molecule has 1 aromatic carbocycles. The normalized spacial score (nSPS) is 19.9. The van der Waals surface area contributed by atoms with Gasteiger partial charge in [0.15, 0.2) is 5.96 Å². The van der Waals surface area contributed by atoms with Crippen molar-refractivity contribution in [3.05, 3.63) is 35.9 Å². The number of likely N-dealkylation sites (tertiary alicyclic amines) is 1. The number of aliphatic imine (C=N–C) groups is 1. The van der Waals surface area contributed by atoms with Gasteiger partial charge in [-0.1, -0.05) is 51.1 Å². The number of rotatable bonds is 8. The Hall–Kier alpha value is -1.59. The summed E-state index contributed by atoms with van der Waals surface area (Å²) in [6.07, 6.45) is 2.53. The van der Waals surface area contributed by atoms with Gasteiger partial charge in [0.25, 0.3) is 0 Å². The van der Waals surface area contributed by atoms with Gasteiger partial charge in [-0.3, -0.25) is 4.99 Å². The summed E-state index contributed by atoms with van der Waals surface area (Å²) >= 11 is 0. The number of nitrogens with one attached hydrogen (secondary N) is 2. The van der Waals surface area contributed by atoms with Crippen LogP contribution in [0, 0.1) is 11.3 Å². The Balaban J connectivity index is 1.68. The minimum Gasteiger partial charge on any atom is -0.379 e. The van der Waals surface area contributed by atoms with Crippen molar-refractivity contribution >= 4 is 5.96 Å². The standard InChI is InChI=1S/C22H38N4O/c1-22(2,3)20(27-5)16-25-21(23-4)24-15-19-12-14-26(17-19)13-11-18-9-7-6-8-10-18/h6-10,19-20H,11-17H2,1-5H3,(H2,23,24,25). The highest BCUT2D eigenvalue weighted by atomic mass is 16.5. The zero-order valence-electron chi connectivity index (χ0n) is 17.8. The van der Waals surface area contributed by atoms with E-state index in [9.17, 15) is 0 Å². The Bertz CT molecular complexity index is 567. The maximum absolute atomic E-state index is 5.61. The van der Waals surface area contributed by atoms with Gasteiger partial charge in [-0.05, 0) is 36.3 Å². The largest absolute Gasteiger partial charge is 0.379 e. The number of hydrogen-bond donors (Lipinski definition) is 2. The molecule has 0 radical (unpaired) electrons. The van der Waals surface area contributed by atoms with Gasteiger partial charge in [0.1, 0.15) is 0 Å². The van der Waals surface area contributed by atoms with E-state index in [1.54, 1.807) is 7.11 Å². The van der Waals surface area contributed by atoms with E-state index in [-0.39, 0.29) is 11.5 Å². The van der Waals surface area contributed by atoms with Crippen LogP contribution in [0.1, 0.15) is 32.8 Å². The maximum atomic E-state index is 5.61. The quantitative estimate of drug-likeness (QED) is 0.543. The molecular weight excluding hydrogens is 336 g/mol. The highest BCUT2D eigenvalue weighted by molar-refractivity contribution is 5.79. The highest BCUT2D eigenvalue weighted by Gasteiger charge is 2.25. The predicted molar refractivity (Wildman–Crippen MR) is 114 cm³/mol. The molecule has 1 aliphatic rings. The zero-order valence-corrected chi connectivity index (χ0v) is 17.8. The van der Waals surface area contributed by atoms with E-state index in [1.165, 1.54) is 25.1 Å². The molecule has 2 atom stereocenters. The van der Waals surface area contributed by atoms with Crippen LogP contribution in [0.5, 0.6) is 0 Å². The van der Waals surface area contributed by atoms with E-state index in [0.29, 0.717) is 5.92 Å². The third-order valence-corrected chi connectivity index (χ3v) is 5.42. The lowest BCUT2D eigenvalue weighted by atomic mass is 9.89. The van der Waals surface area contributed by atoms with Gasteiger partial charge in [-0.25, -0.2) is 0 Å². The summed E-state index contributed by atoms with van der Waals surface area (Å²) in [5.41, 5.74) is 1.53. The van der Waals surface area contributed by atoms with Gasteiger partial charge in [0, 0.05) is 40.3 Å². The van der Waals surface area contributed by atoms with Crippen LogP contribution in [0.4, 0.5) is 0 Å². The number of methoxy groups -OCH3 is 1. The molecule has 27 heavy (non-hydrogen) atoms. The summed E-state index contributed by atoms with van der Waals surface area (Å²) in [6, 6.07) is 10.8. The number of hydrogen-bond acceptors (Lipinski definition) is 3. The van der Waals surface area contributed by atoms with Crippen LogP contribution in [0.25, 0.3) is 0 Å². The van der Waals surface area contributed by atoms with Crippen molar-refractivity contribution in [2.24, 2.45) is 16.3 Å². The molecule has 0 bridgehead atoms. The molecule has 5 nitrogen and oxygen atoms in total. The molecule has 0 saturated carbocycles. The SMILES string of the molecule is CN=C(NCC1CCN(CCc2ccccc2)C1)NCC(OC)C(C)(C)C. The molecule has 1 fully saturated rings. The fraction of sp³-hybridized carbons (Fsp3) is 0.682. The van der Waals surface area contributed by atoms with Crippen molar-refractivity contribution in [3.63, 3.8) is 0 Å². The maximum Gasteiger partial charge on any atom is 0.191 e. The summed E-state index contributed by atoms with van der Waals surface area (Å²) in [4.78, 5) is 6.94. The number of benzene rings is 1. The third-order valence-electron chi connectivity index (χ3n) is 5.42. The van der Waals surface area contributed by atoms with Crippen molar-refractivity contribution in [2.45, 2.75) is 39.7 Å². The Kier molecular flexibility index (Phi) is 8.58. The lowest BCUT2D eigenvalue weighted by Gasteiger charge is -2.30. The topological polar surface area (TPSA) is 48.9 Å². The Morgan fingerprint density at radius 3 is 2.63 bits per heavy atom. The number of guanidine groups is 1. The second-order valence-electron chi connectivity index (χ2n) is 8.62. The second-order valence-corrected chi connectivity index (χ2v) is 8.62. The molecule has 1 heterocycles. The fourth-order valence-electron chi connectivity index (χ4n) is 3.61. The average molecular weight is 375 g/mol. The van der Waals surface area contributed by atoms with Crippen LogP contribution in [-0.2, 0) is 11.2 Å². The van der Waals surface area contributed by atoms with E-state index in [4.69, 9.17) is 4.74 Å². The molecule has 1 saturated heterocycles. The second kappa shape index (κ2) is 10.7. The van der Waals surface area contributed by atoms with Crippen molar-refractivity contribution in [2.75, 3.05) is 46.9 Å². The minimum atomic E-state index is 0.102. The molecule has 2 unspecified atom stereocenters. The van der Waals surface area contributed by atoms with Crippen LogP contribution in [0.2, 0.25) is 0 Å². The van der Waals surface area contributed by atoms with Crippen LogP contribution >= 0.6 is 0 Å². The van der Waals surface area contributed by atoms with Crippen LogP contribution in [-0.4, -0.2) is 63.8 Å². The van der Waals surface area contributed by atoms with Gasteiger partial charge in [-0.2, -0.15) is 0 Å². The Labute approximate surface area is 165 Å². The van der Waals surface area contributed by atoms with E-state index >= 15 is 0 Å². The third kappa shape index (κ3) is 7.51. The van der Waals surface area contributed by atoms with E-state index in [1.807, 2.05) is 7.05 Å². The summed E-state index contributed by atoms with van der Waals surface area (Å²) in [5, 5.41) is 6.90. The average Bonchev–Trinajstić information content (AvgIpc) is 3.10. The molecule has 0 amide bonds.